The van der Waals surface area contributed by atoms with E-state index in [1.807, 2.05) is 24.3 Å². The van der Waals surface area contributed by atoms with Crippen molar-refractivity contribution < 1.29 is 5.73 Å². The lowest BCUT2D eigenvalue weighted by atomic mass is 10.1. The smallest absolute Gasteiger partial charge is 0.0855 e. The quantitative estimate of drug-likeness (QED) is 0.697. The highest BCUT2D eigenvalue weighted by Crippen LogP contribution is 2.09. The molecule has 0 aliphatic rings. The van der Waals surface area contributed by atoms with Crippen molar-refractivity contribution in [2.75, 3.05) is 0 Å². The van der Waals surface area contributed by atoms with Gasteiger partial charge in [0.1, 0.15) is 0 Å². The zero-order valence-electron chi connectivity index (χ0n) is 6.68. The summed E-state index contributed by atoms with van der Waals surface area (Å²) in [5.74, 6) is 0. The van der Waals surface area contributed by atoms with Gasteiger partial charge in [0, 0.05) is 11.4 Å². The molecule has 11 heavy (non-hydrogen) atoms. The molecule has 1 aromatic carbocycles. The maximum Gasteiger partial charge on any atom is 0.0855 e. The van der Waals surface area contributed by atoms with Gasteiger partial charge < -0.3 is 5.73 Å². The normalized spacial score (nSPS) is 13.0. The second kappa shape index (κ2) is 3.74. The van der Waals surface area contributed by atoms with Gasteiger partial charge >= 0.3 is 0 Å². The monoisotopic (exact) mass is 170 g/mol. The van der Waals surface area contributed by atoms with E-state index in [1.54, 1.807) is 0 Å². The molecule has 0 aliphatic heterocycles. The SMILES string of the molecule is C[C@H]([NH3+])Cc1ccc(Cl)cc1. The predicted molar refractivity (Wildman–Crippen MR) is 47.5 cm³/mol. The van der Waals surface area contributed by atoms with E-state index in [0.717, 1.165) is 11.4 Å². The minimum Gasteiger partial charge on any atom is -0.355 e. The third kappa shape index (κ3) is 2.91. The van der Waals surface area contributed by atoms with Crippen molar-refractivity contribution in [1.82, 2.24) is 0 Å². The third-order valence-electron chi connectivity index (χ3n) is 1.50. The number of benzene rings is 1. The Bertz CT molecular complexity index is 216. The van der Waals surface area contributed by atoms with Gasteiger partial charge in [0.15, 0.2) is 0 Å². The van der Waals surface area contributed by atoms with Crippen LogP contribution in [0.4, 0.5) is 0 Å². The van der Waals surface area contributed by atoms with Crippen LogP contribution in [0.5, 0.6) is 0 Å². The zero-order valence-corrected chi connectivity index (χ0v) is 7.43. The van der Waals surface area contributed by atoms with Crippen molar-refractivity contribution in [1.29, 1.82) is 0 Å². The minimum absolute atomic E-state index is 0.469. The molecule has 1 nitrogen and oxygen atoms in total. The Morgan fingerprint density at radius 3 is 2.36 bits per heavy atom. The number of hydrogen-bond acceptors (Lipinski definition) is 0. The highest BCUT2D eigenvalue weighted by Gasteiger charge is 1.99. The van der Waals surface area contributed by atoms with Crippen molar-refractivity contribution in [3.8, 4) is 0 Å². The van der Waals surface area contributed by atoms with Crippen LogP contribution in [0.1, 0.15) is 12.5 Å². The number of hydrogen-bond donors (Lipinski definition) is 1. The Morgan fingerprint density at radius 1 is 1.36 bits per heavy atom. The van der Waals surface area contributed by atoms with Crippen LogP contribution in [0.2, 0.25) is 5.02 Å². The van der Waals surface area contributed by atoms with Gasteiger partial charge in [-0.2, -0.15) is 0 Å². The molecule has 0 bridgehead atoms. The predicted octanol–water partition coefficient (Wildman–Crippen LogP) is 1.51. The van der Waals surface area contributed by atoms with Crippen LogP contribution in [0.3, 0.4) is 0 Å². The first kappa shape index (κ1) is 8.57. The summed E-state index contributed by atoms with van der Waals surface area (Å²) < 4.78 is 0. The molecule has 1 atom stereocenters. The second-order valence-electron chi connectivity index (χ2n) is 2.94. The number of quaternary nitrogens is 1. The number of halogens is 1. The van der Waals surface area contributed by atoms with Crippen molar-refractivity contribution in [2.24, 2.45) is 0 Å². The summed E-state index contributed by atoms with van der Waals surface area (Å²) in [6.07, 6.45) is 1.02. The Hall–Kier alpha value is -0.530. The van der Waals surface area contributed by atoms with Gasteiger partial charge in [0.05, 0.1) is 6.04 Å². The maximum absolute atomic E-state index is 5.73. The molecule has 0 amide bonds. The molecule has 60 valence electrons. The average Bonchev–Trinajstić information content (AvgIpc) is 1.93. The molecule has 1 rings (SSSR count). The van der Waals surface area contributed by atoms with Gasteiger partial charge in [0.25, 0.3) is 0 Å². The first-order valence-corrected chi connectivity index (χ1v) is 4.14. The number of rotatable bonds is 2. The molecule has 1 aromatic rings. The van der Waals surface area contributed by atoms with Crippen LogP contribution in [-0.4, -0.2) is 6.04 Å². The van der Waals surface area contributed by atoms with Gasteiger partial charge in [-0.3, -0.25) is 0 Å². The lowest BCUT2D eigenvalue weighted by Gasteiger charge is -2.01. The molecule has 3 N–H and O–H groups in total. The van der Waals surface area contributed by atoms with Crippen LogP contribution in [0, 0.1) is 0 Å². The topological polar surface area (TPSA) is 27.6 Å². The highest BCUT2D eigenvalue weighted by molar-refractivity contribution is 6.30. The van der Waals surface area contributed by atoms with Crippen molar-refractivity contribution in [3.05, 3.63) is 34.9 Å². The lowest BCUT2D eigenvalue weighted by molar-refractivity contribution is -0.413. The lowest BCUT2D eigenvalue weighted by Crippen LogP contribution is -2.60. The van der Waals surface area contributed by atoms with Crippen LogP contribution in [0.15, 0.2) is 24.3 Å². The van der Waals surface area contributed by atoms with Gasteiger partial charge in [0.2, 0.25) is 0 Å². The zero-order chi connectivity index (χ0) is 8.27. The molecule has 0 aliphatic carbocycles. The maximum atomic E-state index is 5.73. The molecule has 0 unspecified atom stereocenters. The summed E-state index contributed by atoms with van der Waals surface area (Å²) in [6, 6.07) is 8.39. The first-order chi connectivity index (χ1) is 5.18. The van der Waals surface area contributed by atoms with E-state index in [9.17, 15) is 0 Å². The summed E-state index contributed by atoms with van der Waals surface area (Å²) in [7, 11) is 0. The van der Waals surface area contributed by atoms with Crippen molar-refractivity contribution in [3.63, 3.8) is 0 Å². The molecule has 0 spiro atoms. The van der Waals surface area contributed by atoms with Crippen LogP contribution in [-0.2, 0) is 6.42 Å². The summed E-state index contributed by atoms with van der Waals surface area (Å²) in [5, 5.41) is 0.797. The van der Waals surface area contributed by atoms with E-state index in [4.69, 9.17) is 11.6 Å². The van der Waals surface area contributed by atoms with Gasteiger partial charge in [-0.05, 0) is 24.6 Å². The van der Waals surface area contributed by atoms with Crippen LogP contribution >= 0.6 is 11.6 Å². The summed E-state index contributed by atoms with van der Waals surface area (Å²) in [5.41, 5.74) is 5.23. The molecule has 0 fully saturated rings. The fraction of sp³-hybridized carbons (Fsp3) is 0.333. The van der Waals surface area contributed by atoms with Crippen molar-refractivity contribution in [2.45, 2.75) is 19.4 Å². The molecule has 0 radical (unpaired) electrons. The standard InChI is InChI=1S/C9H12ClN/c1-7(11)6-8-2-4-9(10)5-3-8/h2-5,7H,6,11H2,1H3/p+1/t7-/m0/s1. The fourth-order valence-electron chi connectivity index (χ4n) is 1.02. The van der Waals surface area contributed by atoms with E-state index in [-0.39, 0.29) is 0 Å². The molecular weight excluding hydrogens is 158 g/mol. The highest BCUT2D eigenvalue weighted by atomic mass is 35.5. The van der Waals surface area contributed by atoms with Gasteiger partial charge in [-0.1, -0.05) is 23.7 Å². The largest absolute Gasteiger partial charge is 0.355 e. The van der Waals surface area contributed by atoms with Crippen LogP contribution in [0.25, 0.3) is 0 Å². The van der Waals surface area contributed by atoms with Gasteiger partial charge in [-0.25, -0.2) is 0 Å². The molecular formula is C9H13ClN+. The average molecular weight is 171 g/mol. The molecule has 0 aromatic heterocycles. The summed E-state index contributed by atoms with van der Waals surface area (Å²) in [6.45, 7) is 2.11. The summed E-state index contributed by atoms with van der Waals surface area (Å²) in [4.78, 5) is 0. The van der Waals surface area contributed by atoms with Crippen molar-refractivity contribution >= 4 is 11.6 Å². The molecule has 0 saturated heterocycles. The fourth-order valence-corrected chi connectivity index (χ4v) is 1.15. The first-order valence-electron chi connectivity index (χ1n) is 3.76. The molecule has 0 heterocycles. The van der Waals surface area contributed by atoms with E-state index in [1.165, 1.54) is 5.56 Å². The minimum atomic E-state index is 0.469. The second-order valence-corrected chi connectivity index (χ2v) is 3.37. The Morgan fingerprint density at radius 2 is 1.91 bits per heavy atom. The van der Waals surface area contributed by atoms with E-state index in [2.05, 4.69) is 12.7 Å². The molecule has 2 heteroatoms. The van der Waals surface area contributed by atoms with Crippen LogP contribution < -0.4 is 5.73 Å². The van der Waals surface area contributed by atoms with E-state index >= 15 is 0 Å². The molecule has 0 saturated carbocycles. The summed E-state index contributed by atoms with van der Waals surface area (Å²) >= 11 is 5.73. The Labute approximate surface area is 72.2 Å². The van der Waals surface area contributed by atoms with E-state index < -0.39 is 0 Å². The van der Waals surface area contributed by atoms with Gasteiger partial charge in [-0.15, -0.1) is 0 Å². The Kier molecular flexibility index (Phi) is 2.92. The third-order valence-corrected chi connectivity index (χ3v) is 1.75. The van der Waals surface area contributed by atoms with E-state index in [0.29, 0.717) is 6.04 Å². The Balaban J connectivity index is 2.66.